The molecule has 2 fully saturated rings. The first-order chi connectivity index (χ1) is 27.8. The number of nitrogens with zero attached hydrogens (tertiary/aromatic N) is 2. The summed E-state index contributed by atoms with van der Waals surface area (Å²) in [5.41, 5.74) is 15.8. The predicted octanol–water partition coefficient (Wildman–Crippen LogP) is 14.7. The lowest BCUT2D eigenvalue weighted by molar-refractivity contribution is 0.243. The molecule has 11 rings (SSSR count). The molecule has 2 heteroatoms. The van der Waals surface area contributed by atoms with Crippen LogP contribution in [0.5, 0.6) is 0 Å². The average molecular weight is 741 g/mol. The minimum Gasteiger partial charge on any atom is -0.341 e. The maximum atomic E-state index is 2.87. The Hall–Kier alpha value is -3.78. The molecule has 2 saturated carbocycles. The normalized spacial score (nSPS) is 30.6. The highest BCUT2D eigenvalue weighted by Crippen LogP contribution is 2.54. The van der Waals surface area contributed by atoms with Crippen molar-refractivity contribution < 1.29 is 0 Å². The molecular weight excluding hydrogens is 677 g/mol. The minimum absolute atomic E-state index is 0.568. The van der Waals surface area contributed by atoms with Crippen molar-refractivity contribution >= 4 is 28.4 Å². The van der Waals surface area contributed by atoms with E-state index in [1.807, 2.05) is 0 Å². The molecule has 0 saturated heterocycles. The first kappa shape index (κ1) is 35.4. The molecule has 7 aliphatic carbocycles. The Morgan fingerprint density at radius 1 is 0.643 bits per heavy atom. The Labute approximate surface area is 337 Å². The highest BCUT2D eigenvalue weighted by molar-refractivity contribution is 5.93. The van der Waals surface area contributed by atoms with E-state index in [9.17, 15) is 0 Å². The van der Waals surface area contributed by atoms with Gasteiger partial charge >= 0.3 is 0 Å². The Kier molecular flexibility index (Phi) is 9.60. The molecule has 0 spiro atoms. The molecule has 8 aliphatic rings. The van der Waals surface area contributed by atoms with Crippen molar-refractivity contribution in [3.63, 3.8) is 0 Å². The lowest BCUT2D eigenvalue weighted by atomic mass is 9.73. The summed E-state index contributed by atoms with van der Waals surface area (Å²) in [5, 5.41) is 1.52. The van der Waals surface area contributed by atoms with E-state index >= 15 is 0 Å². The van der Waals surface area contributed by atoms with Crippen molar-refractivity contribution in [3.05, 3.63) is 124 Å². The molecule has 6 atom stereocenters. The van der Waals surface area contributed by atoms with Crippen LogP contribution < -0.4 is 4.90 Å². The molecule has 2 aromatic carbocycles. The van der Waals surface area contributed by atoms with E-state index < -0.39 is 0 Å². The fourth-order valence-electron chi connectivity index (χ4n) is 13.4. The standard InChI is InChI=1S/C54H64N2/c1-3-12-37(13-4-1)39-26-30-45(31-27-39)55-51-20-9-7-18-47(51)49-35-43(28-32-53(49)55)40-22-24-41(25-23-40)44-29-33-54-50(36-44)48-19-8-10-21-52(48)56(54)46-17-11-16-42(34-46)38-14-5-2-6-15-38/h5,8-10,14,19-21,24,26,28,30,32-33,35,37-38,40,42,44,46,50H,1-4,6-7,11-13,15-18,22-23,25,27,29,31,34,36H2. The van der Waals surface area contributed by atoms with Crippen LogP contribution in [0.15, 0.2) is 102 Å². The van der Waals surface area contributed by atoms with Gasteiger partial charge in [0.15, 0.2) is 0 Å². The largest absolute Gasteiger partial charge is 0.341 e. The zero-order valence-electron chi connectivity index (χ0n) is 33.9. The topological polar surface area (TPSA) is 8.17 Å². The number of hydrogen-bond donors (Lipinski definition) is 0. The second-order valence-electron chi connectivity index (χ2n) is 19.3. The summed E-state index contributed by atoms with van der Waals surface area (Å²) in [6.07, 6.45) is 48.1. The fraction of sp³-hybridized carbons (Fsp3) is 0.519. The number of aromatic nitrogens is 1. The van der Waals surface area contributed by atoms with E-state index in [0.29, 0.717) is 23.8 Å². The van der Waals surface area contributed by atoms with Gasteiger partial charge < -0.3 is 9.47 Å². The van der Waals surface area contributed by atoms with Crippen LogP contribution >= 0.6 is 0 Å². The van der Waals surface area contributed by atoms with Gasteiger partial charge in [-0.25, -0.2) is 0 Å². The Bertz CT molecular complexity index is 2160. The van der Waals surface area contributed by atoms with E-state index in [2.05, 4.69) is 101 Å². The number of para-hydroxylation sites is 1. The maximum Gasteiger partial charge on any atom is 0.0534 e. The Morgan fingerprint density at radius 3 is 2.43 bits per heavy atom. The van der Waals surface area contributed by atoms with Crippen LogP contribution in [0.3, 0.4) is 0 Å². The van der Waals surface area contributed by atoms with Gasteiger partial charge in [-0.15, -0.1) is 0 Å². The summed E-state index contributed by atoms with van der Waals surface area (Å²) in [6.45, 7) is 0. The van der Waals surface area contributed by atoms with Crippen LogP contribution in [0.1, 0.15) is 163 Å². The van der Waals surface area contributed by atoms with Gasteiger partial charge in [-0.1, -0.05) is 97.6 Å². The first-order valence-corrected chi connectivity index (χ1v) is 23.4. The van der Waals surface area contributed by atoms with Gasteiger partial charge in [0.25, 0.3) is 0 Å². The van der Waals surface area contributed by atoms with Crippen LogP contribution in [-0.2, 0) is 6.42 Å². The van der Waals surface area contributed by atoms with Crippen LogP contribution in [0.2, 0.25) is 0 Å². The third kappa shape index (κ3) is 6.37. The van der Waals surface area contributed by atoms with Crippen molar-refractivity contribution in [3.8, 4) is 0 Å². The van der Waals surface area contributed by atoms with E-state index in [1.54, 1.807) is 33.5 Å². The molecule has 3 aromatic rings. The summed E-state index contributed by atoms with van der Waals surface area (Å²) in [5.74, 6) is 4.40. The number of fused-ring (bicyclic) bond motifs is 6. The van der Waals surface area contributed by atoms with Crippen molar-refractivity contribution in [1.82, 2.24) is 4.57 Å². The number of rotatable bonds is 6. The average Bonchev–Trinajstić information content (AvgIpc) is 3.79. The molecule has 0 N–H and O–H groups in total. The first-order valence-electron chi connectivity index (χ1n) is 23.4. The predicted molar refractivity (Wildman–Crippen MR) is 237 cm³/mol. The molecule has 2 nitrogen and oxygen atoms in total. The van der Waals surface area contributed by atoms with Crippen molar-refractivity contribution in [2.75, 3.05) is 4.90 Å². The third-order valence-electron chi connectivity index (χ3n) is 16.3. The third-order valence-corrected chi connectivity index (χ3v) is 16.3. The molecule has 1 aromatic heterocycles. The van der Waals surface area contributed by atoms with E-state index in [-0.39, 0.29) is 0 Å². The summed E-state index contributed by atoms with van der Waals surface area (Å²) in [6, 6.07) is 17.8. The highest BCUT2D eigenvalue weighted by Gasteiger charge is 2.42. The molecule has 0 amide bonds. The smallest absolute Gasteiger partial charge is 0.0534 e. The van der Waals surface area contributed by atoms with Crippen LogP contribution in [0.25, 0.3) is 22.7 Å². The van der Waals surface area contributed by atoms with Crippen LogP contribution in [-0.4, -0.2) is 10.6 Å². The van der Waals surface area contributed by atoms with Crippen molar-refractivity contribution in [1.29, 1.82) is 0 Å². The summed E-state index contributed by atoms with van der Waals surface area (Å²) in [7, 11) is 0. The molecule has 6 unspecified atom stereocenters. The molecule has 56 heavy (non-hydrogen) atoms. The molecule has 0 bridgehead atoms. The maximum absolute atomic E-state index is 2.87. The number of anilines is 1. The van der Waals surface area contributed by atoms with Gasteiger partial charge in [0.05, 0.1) is 5.52 Å². The lowest BCUT2D eigenvalue weighted by Gasteiger charge is -2.42. The molecule has 0 radical (unpaired) electrons. The van der Waals surface area contributed by atoms with E-state index in [4.69, 9.17) is 0 Å². The van der Waals surface area contributed by atoms with Gasteiger partial charge in [0.1, 0.15) is 0 Å². The van der Waals surface area contributed by atoms with Crippen LogP contribution in [0, 0.1) is 23.7 Å². The number of hydrogen-bond acceptors (Lipinski definition) is 1. The van der Waals surface area contributed by atoms with Gasteiger partial charge in [0, 0.05) is 40.1 Å². The second kappa shape index (κ2) is 15.2. The Morgan fingerprint density at radius 2 is 1.57 bits per heavy atom. The van der Waals surface area contributed by atoms with Crippen LogP contribution in [0.4, 0.5) is 5.69 Å². The lowest BCUT2D eigenvalue weighted by Crippen LogP contribution is -2.39. The zero-order valence-corrected chi connectivity index (χ0v) is 33.9. The van der Waals surface area contributed by atoms with E-state index in [0.717, 1.165) is 24.2 Å². The van der Waals surface area contributed by atoms with Crippen molar-refractivity contribution in [2.45, 2.75) is 153 Å². The second-order valence-corrected chi connectivity index (χ2v) is 19.3. The zero-order chi connectivity index (χ0) is 37.0. The monoisotopic (exact) mass is 741 g/mol. The van der Waals surface area contributed by atoms with E-state index in [1.165, 1.54) is 156 Å². The molecule has 1 aliphatic heterocycles. The Balaban J connectivity index is 0.814. The van der Waals surface area contributed by atoms with Gasteiger partial charge in [-0.05, 0) is 186 Å². The van der Waals surface area contributed by atoms with Gasteiger partial charge in [0.2, 0.25) is 0 Å². The summed E-state index contributed by atoms with van der Waals surface area (Å²) in [4.78, 5) is 2.87. The quantitative estimate of drug-likeness (QED) is 0.229. The number of benzene rings is 2. The highest BCUT2D eigenvalue weighted by atomic mass is 15.2. The molecular formula is C54H64N2. The SMILES string of the molecule is C1=CC(C2CCCC(N3C4=CCC(C5=CCC(c6ccc7c(c6)c6c(n7C7=CC=C(C8CCCCC8)CC7)C=CCC6)CC5)CC4c4ccccc43)C2)CCC1. The number of allylic oxidation sites excluding steroid dienone is 11. The number of aryl methyl sites for hydroxylation is 1. The van der Waals surface area contributed by atoms with Crippen molar-refractivity contribution in [2.24, 2.45) is 23.7 Å². The van der Waals surface area contributed by atoms with Gasteiger partial charge in [-0.2, -0.15) is 0 Å². The minimum atomic E-state index is 0.568. The summed E-state index contributed by atoms with van der Waals surface area (Å²) >= 11 is 0. The molecule has 2 heterocycles. The summed E-state index contributed by atoms with van der Waals surface area (Å²) < 4.78 is 2.64. The van der Waals surface area contributed by atoms with Gasteiger partial charge in [-0.3, -0.25) is 0 Å². The fourth-order valence-corrected chi connectivity index (χ4v) is 13.4. The molecule has 290 valence electrons.